The maximum absolute atomic E-state index is 14.2. The Balaban J connectivity index is 1.52. The summed E-state index contributed by atoms with van der Waals surface area (Å²) in [6.07, 6.45) is -0.704. The van der Waals surface area contributed by atoms with Crippen molar-refractivity contribution in [2.75, 3.05) is 23.5 Å². The summed E-state index contributed by atoms with van der Waals surface area (Å²) in [4.78, 5) is 26.2. The van der Waals surface area contributed by atoms with Gasteiger partial charge in [0, 0.05) is 26.9 Å². The minimum Gasteiger partial charge on any atom is -0.433 e. The van der Waals surface area contributed by atoms with Crippen molar-refractivity contribution in [2.24, 2.45) is 0 Å². The van der Waals surface area contributed by atoms with Gasteiger partial charge in [0.2, 0.25) is 0 Å². The molecule has 9 heteroatoms. The number of nitrogens with zero attached hydrogens (tertiary/aromatic N) is 1. The van der Waals surface area contributed by atoms with Crippen molar-refractivity contribution in [3.63, 3.8) is 0 Å². The molecule has 32 heavy (non-hydrogen) atoms. The molecule has 2 amide bonds. The number of carbonyl (C=O) groups excluding carboxylic acids is 2. The number of cyclic esters (lactones) is 1. The number of nitrogens with one attached hydrogen (secondary N) is 2. The first kappa shape index (κ1) is 21.9. The van der Waals surface area contributed by atoms with Gasteiger partial charge in [0.25, 0.3) is 5.91 Å². The van der Waals surface area contributed by atoms with Crippen molar-refractivity contribution in [2.45, 2.75) is 5.60 Å². The molecule has 1 atom stereocenters. The Hall–Kier alpha value is -3.29. The second kappa shape index (κ2) is 9.06. The van der Waals surface area contributed by atoms with Crippen LogP contribution in [0.3, 0.4) is 0 Å². The van der Waals surface area contributed by atoms with Gasteiger partial charge in [0.05, 0.1) is 12.2 Å². The second-order valence-electron chi connectivity index (χ2n) is 7.24. The summed E-state index contributed by atoms with van der Waals surface area (Å²) in [5.74, 6) is -0.314. The maximum Gasteiger partial charge on any atom is 0.415 e. The standard InChI is InChI=1S/C23H18Cl2FN3O3/c24-17-9-16(10-18(25)11-17)23(13-26)14-29(22(31)32-23)20-8-4-7-19(12-20)27-28-21(30)15-5-2-1-3-6-15/h1-12,27H,13-14H2,(H,28,30). The van der Waals surface area contributed by atoms with Crippen LogP contribution in [0.15, 0.2) is 72.8 Å². The van der Waals surface area contributed by atoms with Crippen LogP contribution in [0.4, 0.5) is 20.6 Å². The van der Waals surface area contributed by atoms with Gasteiger partial charge < -0.3 is 4.74 Å². The molecule has 1 heterocycles. The molecule has 0 spiro atoms. The van der Waals surface area contributed by atoms with E-state index in [9.17, 15) is 14.0 Å². The number of ether oxygens (including phenoxy) is 1. The number of anilines is 2. The van der Waals surface area contributed by atoms with E-state index < -0.39 is 18.4 Å². The maximum atomic E-state index is 14.2. The number of halogens is 3. The van der Waals surface area contributed by atoms with Crippen LogP contribution in [-0.2, 0) is 10.3 Å². The van der Waals surface area contributed by atoms with Gasteiger partial charge in [-0.25, -0.2) is 9.18 Å². The zero-order chi connectivity index (χ0) is 22.7. The van der Waals surface area contributed by atoms with E-state index in [-0.39, 0.29) is 12.5 Å². The summed E-state index contributed by atoms with van der Waals surface area (Å²) in [5, 5.41) is 0.630. The van der Waals surface area contributed by atoms with Crippen molar-refractivity contribution >= 4 is 46.6 Å². The molecule has 1 aliphatic rings. The summed E-state index contributed by atoms with van der Waals surface area (Å²) in [5.41, 5.74) is 5.75. The molecule has 4 rings (SSSR count). The monoisotopic (exact) mass is 473 g/mol. The number of hydrogen-bond acceptors (Lipinski definition) is 4. The Kier molecular flexibility index (Phi) is 6.21. The van der Waals surface area contributed by atoms with Crippen molar-refractivity contribution < 1.29 is 18.7 Å². The molecule has 6 nitrogen and oxygen atoms in total. The third-order valence-corrected chi connectivity index (χ3v) is 5.47. The molecule has 164 valence electrons. The minimum absolute atomic E-state index is 0.0706. The topological polar surface area (TPSA) is 70.7 Å². The van der Waals surface area contributed by atoms with Crippen LogP contribution in [0.1, 0.15) is 15.9 Å². The van der Waals surface area contributed by atoms with Crippen molar-refractivity contribution in [1.29, 1.82) is 0 Å². The highest BCUT2D eigenvalue weighted by molar-refractivity contribution is 6.34. The van der Waals surface area contributed by atoms with Gasteiger partial charge in [0.15, 0.2) is 5.60 Å². The van der Waals surface area contributed by atoms with E-state index in [2.05, 4.69) is 10.9 Å². The number of hydrazine groups is 1. The lowest BCUT2D eigenvalue weighted by Gasteiger charge is -2.24. The lowest BCUT2D eigenvalue weighted by molar-refractivity contribution is 0.0323. The number of hydrogen-bond donors (Lipinski definition) is 2. The Morgan fingerprint density at radius 2 is 1.75 bits per heavy atom. The minimum atomic E-state index is -1.53. The number of benzene rings is 3. The zero-order valence-electron chi connectivity index (χ0n) is 16.6. The third-order valence-electron chi connectivity index (χ3n) is 5.04. The van der Waals surface area contributed by atoms with Crippen LogP contribution in [0.2, 0.25) is 10.0 Å². The molecule has 0 aromatic heterocycles. The van der Waals surface area contributed by atoms with Crippen LogP contribution >= 0.6 is 23.2 Å². The highest BCUT2D eigenvalue weighted by atomic mass is 35.5. The fourth-order valence-corrected chi connectivity index (χ4v) is 3.95. The highest BCUT2D eigenvalue weighted by Crippen LogP contribution is 2.39. The van der Waals surface area contributed by atoms with Gasteiger partial charge in [-0.2, -0.15) is 0 Å². The summed E-state index contributed by atoms with van der Waals surface area (Å²) in [6.45, 7) is -1.02. The Morgan fingerprint density at radius 1 is 1.03 bits per heavy atom. The van der Waals surface area contributed by atoms with Gasteiger partial charge >= 0.3 is 6.09 Å². The average Bonchev–Trinajstić information content (AvgIpc) is 3.15. The van der Waals surface area contributed by atoms with E-state index in [1.807, 2.05) is 6.07 Å². The first-order valence-electron chi connectivity index (χ1n) is 9.65. The molecule has 0 bridgehead atoms. The summed E-state index contributed by atoms with van der Waals surface area (Å²) < 4.78 is 19.6. The van der Waals surface area contributed by atoms with Gasteiger partial charge in [0.1, 0.15) is 6.67 Å². The van der Waals surface area contributed by atoms with Gasteiger partial charge in [-0.05, 0) is 48.5 Å². The lowest BCUT2D eigenvalue weighted by atomic mass is 9.95. The SMILES string of the molecule is O=C(NNc1cccc(N2CC(CF)(c3cc(Cl)cc(Cl)c3)OC2=O)c1)c1ccccc1. The number of alkyl halides is 1. The first-order chi connectivity index (χ1) is 15.4. The van der Waals surface area contributed by atoms with Gasteiger partial charge in [-0.15, -0.1) is 0 Å². The van der Waals surface area contributed by atoms with Crippen LogP contribution in [0.25, 0.3) is 0 Å². The van der Waals surface area contributed by atoms with Crippen molar-refractivity contribution in [3.8, 4) is 0 Å². The Morgan fingerprint density at radius 3 is 2.44 bits per heavy atom. The van der Waals surface area contributed by atoms with E-state index in [4.69, 9.17) is 27.9 Å². The first-order valence-corrected chi connectivity index (χ1v) is 10.4. The molecule has 1 aliphatic heterocycles. The molecule has 1 saturated heterocycles. The van der Waals surface area contributed by atoms with Crippen LogP contribution in [-0.4, -0.2) is 25.2 Å². The van der Waals surface area contributed by atoms with Gasteiger partial charge in [-0.3, -0.25) is 20.5 Å². The predicted molar refractivity (Wildman–Crippen MR) is 122 cm³/mol. The van der Waals surface area contributed by atoms with E-state index in [0.29, 0.717) is 32.5 Å². The number of rotatable bonds is 6. The largest absolute Gasteiger partial charge is 0.433 e. The summed E-state index contributed by atoms with van der Waals surface area (Å²) in [7, 11) is 0. The molecule has 1 fully saturated rings. The molecule has 1 unspecified atom stereocenters. The summed E-state index contributed by atoms with van der Waals surface area (Å²) >= 11 is 12.1. The molecule has 2 N–H and O–H groups in total. The van der Waals surface area contributed by atoms with Crippen LogP contribution < -0.4 is 15.8 Å². The second-order valence-corrected chi connectivity index (χ2v) is 8.11. The van der Waals surface area contributed by atoms with E-state index in [0.717, 1.165) is 0 Å². The molecule has 0 saturated carbocycles. The Labute approximate surface area is 193 Å². The number of carbonyl (C=O) groups is 2. The third kappa shape index (κ3) is 4.49. The van der Waals surface area contributed by atoms with E-state index in [1.54, 1.807) is 48.5 Å². The summed E-state index contributed by atoms with van der Waals surface area (Å²) in [6, 6.07) is 20.0. The molecule has 0 aliphatic carbocycles. The molecule has 3 aromatic carbocycles. The van der Waals surface area contributed by atoms with Gasteiger partial charge in [-0.1, -0.05) is 47.5 Å². The van der Waals surface area contributed by atoms with Crippen LogP contribution in [0, 0.1) is 0 Å². The van der Waals surface area contributed by atoms with Crippen LogP contribution in [0.5, 0.6) is 0 Å². The van der Waals surface area contributed by atoms with Crippen molar-refractivity contribution in [3.05, 3.63) is 94.0 Å². The van der Waals surface area contributed by atoms with E-state index >= 15 is 0 Å². The fraction of sp³-hybridized carbons (Fsp3) is 0.130. The molecule has 0 radical (unpaired) electrons. The zero-order valence-corrected chi connectivity index (χ0v) is 18.2. The molecular formula is C23H18Cl2FN3O3. The lowest BCUT2D eigenvalue weighted by Crippen LogP contribution is -2.34. The van der Waals surface area contributed by atoms with E-state index in [1.165, 1.54) is 23.1 Å². The molecular weight excluding hydrogens is 456 g/mol. The predicted octanol–water partition coefficient (Wildman–Crippen LogP) is 5.57. The smallest absolute Gasteiger partial charge is 0.415 e. The highest BCUT2D eigenvalue weighted by Gasteiger charge is 2.48. The number of amides is 2. The average molecular weight is 474 g/mol. The fourth-order valence-electron chi connectivity index (χ4n) is 3.43. The Bertz CT molecular complexity index is 1140. The van der Waals surface area contributed by atoms with Crippen molar-refractivity contribution in [1.82, 2.24) is 5.43 Å². The quantitative estimate of drug-likeness (QED) is 0.459. The normalized spacial score (nSPS) is 17.7. The molecule has 3 aromatic rings.